The third kappa shape index (κ3) is 3.34. The van der Waals surface area contributed by atoms with Crippen molar-refractivity contribution in [1.82, 2.24) is 10.2 Å². The predicted molar refractivity (Wildman–Crippen MR) is 103 cm³/mol. The number of rotatable bonds is 3. The lowest BCUT2D eigenvalue weighted by molar-refractivity contribution is -0.0668. The van der Waals surface area contributed by atoms with Gasteiger partial charge in [-0.05, 0) is 19.9 Å². The highest BCUT2D eigenvalue weighted by Gasteiger charge is 2.53. The summed E-state index contributed by atoms with van der Waals surface area (Å²) in [6.07, 6.45) is 0. The number of hydrogen-bond donors (Lipinski definition) is 1. The van der Waals surface area contributed by atoms with Gasteiger partial charge >= 0.3 is 0 Å². The summed E-state index contributed by atoms with van der Waals surface area (Å²) < 4.78 is 5.39. The molecule has 5 heteroatoms. The quantitative estimate of drug-likeness (QED) is 0.465. The number of halogens is 1. The molecule has 0 bridgehead atoms. The molecule has 0 saturated carbocycles. The van der Waals surface area contributed by atoms with E-state index in [9.17, 15) is 0 Å². The van der Waals surface area contributed by atoms with Gasteiger partial charge in [0.1, 0.15) is 5.75 Å². The topological polar surface area (TPSA) is 36.9 Å². The molecule has 0 aromatic heterocycles. The number of likely N-dealkylation sites (tertiary alicyclic amines) is 1. The molecule has 0 radical (unpaired) electrons. The van der Waals surface area contributed by atoms with Gasteiger partial charge in [-0.15, -0.1) is 24.0 Å². The van der Waals surface area contributed by atoms with E-state index in [-0.39, 0.29) is 29.5 Å². The first-order chi connectivity index (χ1) is 9.83. The van der Waals surface area contributed by atoms with Crippen molar-refractivity contribution in [2.45, 2.75) is 39.8 Å². The minimum atomic E-state index is 0. The zero-order valence-electron chi connectivity index (χ0n) is 14.4. The normalized spacial score (nSPS) is 19.0. The zero-order chi connectivity index (χ0) is 15.7. The number of nitrogens with zero attached hydrogens (tertiary/aromatic N) is 2. The van der Waals surface area contributed by atoms with Crippen LogP contribution in [0.4, 0.5) is 0 Å². The number of para-hydroxylation sites is 1. The Morgan fingerprint density at radius 2 is 1.91 bits per heavy atom. The van der Waals surface area contributed by atoms with Crippen LogP contribution >= 0.6 is 24.0 Å². The van der Waals surface area contributed by atoms with Gasteiger partial charge in [-0.1, -0.05) is 32.0 Å². The Labute approximate surface area is 151 Å². The van der Waals surface area contributed by atoms with E-state index in [2.05, 4.69) is 49.0 Å². The summed E-state index contributed by atoms with van der Waals surface area (Å²) in [5.74, 6) is 1.86. The van der Waals surface area contributed by atoms with Gasteiger partial charge in [0.2, 0.25) is 0 Å². The molecule has 0 unspecified atom stereocenters. The molecule has 4 nitrogen and oxygen atoms in total. The lowest BCUT2D eigenvalue weighted by atomic mass is 9.65. The Bertz CT molecular complexity index is 540. The number of ether oxygens (including phenoxy) is 1. The summed E-state index contributed by atoms with van der Waals surface area (Å²) in [5.41, 5.74) is 1.55. The molecule has 2 rings (SSSR count). The lowest BCUT2D eigenvalue weighted by Crippen LogP contribution is -2.72. The van der Waals surface area contributed by atoms with E-state index >= 15 is 0 Å². The molecule has 0 spiro atoms. The number of guanidine groups is 1. The number of methoxy groups -OCH3 is 1. The van der Waals surface area contributed by atoms with Crippen LogP contribution in [0.2, 0.25) is 0 Å². The Hall–Kier alpha value is -0.980. The smallest absolute Gasteiger partial charge is 0.194 e. The second kappa shape index (κ2) is 7.06. The number of benzene rings is 1. The van der Waals surface area contributed by atoms with Crippen LogP contribution in [0.5, 0.6) is 5.75 Å². The monoisotopic (exact) mass is 417 g/mol. The fourth-order valence-electron chi connectivity index (χ4n) is 2.72. The molecule has 1 aromatic rings. The van der Waals surface area contributed by atoms with Crippen LogP contribution < -0.4 is 10.1 Å². The highest BCUT2D eigenvalue weighted by atomic mass is 127. The van der Waals surface area contributed by atoms with Gasteiger partial charge < -0.3 is 15.0 Å². The summed E-state index contributed by atoms with van der Waals surface area (Å²) in [7, 11) is 3.54. The third-order valence-electron chi connectivity index (χ3n) is 4.98. The first-order valence-electron chi connectivity index (χ1n) is 7.43. The molecular weight excluding hydrogens is 389 g/mol. The maximum Gasteiger partial charge on any atom is 0.194 e. The van der Waals surface area contributed by atoms with Crippen molar-refractivity contribution >= 4 is 29.9 Å². The molecule has 124 valence electrons. The molecule has 1 N–H and O–H groups in total. The summed E-state index contributed by atoms with van der Waals surface area (Å²) in [5, 5.41) is 3.45. The van der Waals surface area contributed by atoms with Crippen molar-refractivity contribution in [2.24, 2.45) is 10.4 Å². The van der Waals surface area contributed by atoms with Crippen molar-refractivity contribution in [1.29, 1.82) is 0 Å². The van der Waals surface area contributed by atoms with Gasteiger partial charge in [-0.2, -0.15) is 0 Å². The van der Waals surface area contributed by atoms with Crippen LogP contribution in [0.25, 0.3) is 0 Å². The minimum Gasteiger partial charge on any atom is -0.496 e. The molecular formula is C17H28IN3O. The molecule has 0 atom stereocenters. The molecule has 1 aliphatic rings. The van der Waals surface area contributed by atoms with Gasteiger partial charge in [0.05, 0.1) is 7.11 Å². The molecule has 1 aromatic carbocycles. The molecule has 1 heterocycles. The van der Waals surface area contributed by atoms with Crippen molar-refractivity contribution < 1.29 is 4.74 Å². The summed E-state index contributed by atoms with van der Waals surface area (Å²) in [6, 6.07) is 8.07. The van der Waals surface area contributed by atoms with E-state index in [0.29, 0.717) is 12.0 Å². The van der Waals surface area contributed by atoms with E-state index < -0.39 is 0 Å². The molecule has 22 heavy (non-hydrogen) atoms. The average Bonchev–Trinajstić information content (AvgIpc) is 2.47. The number of hydrogen-bond acceptors (Lipinski definition) is 2. The fourth-order valence-corrected chi connectivity index (χ4v) is 2.72. The maximum atomic E-state index is 5.39. The van der Waals surface area contributed by atoms with Crippen molar-refractivity contribution in [3.8, 4) is 5.75 Å². The van der Waals surface area contributed by atoms with Crippen LogP contribution in [0, 0.1) is 5.41 Å². The van der Waals surface area contributed by atoms with Crippen molar-refractivity contribution in [3.63, 3.8) is 0 Å². The Morgan fingerprint density at radius 3 is 2.41 bits per heavy atom. The number of nitrogens with one attached hydrogen (secondary N) is 1. The van der Waals surface area contributed by atoms with Crippen LogP contribution in [0.1, 0.15) is 33.3 Å². The van der Waals surface area contributed by atoms with Gasteiger partial charge in [0.15, 0.2) is 5.96 Å². The van der Waals surface area contributed by atoms with E-state index in [1.807, 2.05) is 25.2 Å². The Morgan fingerprint density at radius 1 is 1.27 bits per heavy atom. The molecule has 1 saturated heterocycles. The van der Waals surface area contributed by atoms with Crippen LogP contribution in [0.15, 0.2) is 29.3 Å². The van der Waals surface area contributed by atoms with Gasteiger partial charge in [-0.25, -0.2) is 0 Å². The van der Waals surface area contributed by atoms with Gasteiger partial charge in [0, 0.05) is 36.7 Å². The molecule has 1 aliphatic heterocycles. The molecule has 1 fully saturated rings. The highest BCUT2D eigenvalue weighted by Crippen LogP contribution is 2.46. The zero-order valence-corrected chi connectivity index (χ0v) is 16.8. The third-order valence-corrected chi connectivity index (χ3v) is 4.98. The largest absolute Gasteiger partial charge is 0.496 e. The van der Waals surface area contributed by atoms with Gasteiger partial charge in [-0.3, -0.25) is 4.99 Å². The van der Waals surface area contributed by atoms with E-state index in [0.717, 1.165) is 23.8 Å². The second-order valence-electron chi connectivity index (χ2n) is 6.74. The summed E-state index contributed by atoms with van der Waals surface area (Å²) in [6.45, 7) is 10.9. The highest BCUT2D eigenvalue weighted by molar-refractivity contribution is 14.0. The minimum absolute atomic E-state index is 0. The van der Waals surface area contributed by atoms with Crippen LogP contribution in [-0.4, -0.2) is 37.1 Å². The van der Waals surface area contributed by atoms with E-state index in [1.165, 1.54) is 0 Å². The average molecular weight is 417 g/mol. The Kier molecular flexibility index (Phi) is 6.12. The van der Waals surface area contributed by atoms with Crippen LogP contribution in [-0.2, 0) is 6.54 Å². The molecule has 0 amide bonds. The summed E-state index contributed by atoms with van der Waals surface area (Å²) >= 11 is 0. The Balaban J connectivity index is 0.00000242. The standard InChI is InChI=1S/C17H27N3O.HI/c1-16(2)12-20(17(16,3)4)15(18-5)19-11-13-9-7-8-10-14(13)21-6;/h7-10H,11-12H2,1-6H3,(H,18,19);1H. The van der Waals surface area contributed by atoms with Gasteiger partial charge in [0.25, 0.3) is 0 Å². The van der Waals surface area contributed by atoms with E-state index in [4.69, 9.17) is 4.74 Å². The first kappa shape index (κ1) is 19.1. The fraction of sp³-hybridized carbons (Fsp3) is 0.588. The number of aliphatic imine (C=N–C) groups is 1. The van der Waals surface area contributed by atoms with Crippen molar-refractivity contribution in [3.05, 3.63) is 29.8 Å². The molecule has 0 aliphatic carbocycles. The van der Waals surface area contributed by atoms with Crippen molar-refractivity contribution in [2.75, 3.05) is 20.7 Å². The lowest BCUT2D eigenvalue weighted by Gasteiger charge is -2.62. The summed E-state index contributed by atoms with van der Waals surface area (Å²) in [4.78, 5) is 6.77. The van der Waals surface area contributed by atoms with Crippen LogP contribution in [0.3, 0.4) is 0 Å². The second-order valence-corrected chi connectivity index (χ2v) is 6.74. The maximum absolute atomic E-state index is 5.39. The SMILES string of the molecule is CN=C(NCc1ccccc1OC)N1CC(C)(C)C1(C)C.I. The first-order valence-corrected chi connectivity index (χ1v) is 7.43. The predicted octanol–water partition coefficient (Wildman–Crippen LogP) is 3.51. The van der Waals surface area contributed by atoms with E-state index in [1.54, 1.807) is 7.11 Å².